The molecule has 0 unspecified atom stereocenters. The van der Waals surface area contributed by atoms with Gasteiger partial charge in [-0.25, -0.2) is 4.98 Å². The summed E-state index contributed by atoms with van der Waals surface area (Å²) in [5, 5.41) is 13.8. The third-order valence-electron chi connectivity index (χ3n) is 3.26. The van der Waals surface area contributed by atoms with Gasteiger partial charge in [0.2, 0.25) is 11.8 Å². The van der Waals surface area contributed by atoms with Crippen molar-refractivity contribution in [3.63, 3.8) is 0 Å². The smallest absolute Gasteiger partial charge is 0.329 e. The van der Waals surface area contributed by atoms with E-state index in [0.717, 1.165) is 6.42 Å². The largest absolute Gasteiger partial charge is 0.357 e. The molecular weight excluding hydrogens is 234 g/mol. The van der Waals surface area contributed by atoms with Crippen molar-refractivity contribution in [1.82, 2.24) is 9.97 Å². The number of nitro groups is 1. The Kier molecular flexibility index (Phi) is 4.05. The number of anilines is 2. The van der Waals surface area contributed by atoms with Gasteiger partial charge < -0.3 is 10.2 Å². The molecule has 1 heterocycles. The maximum Gasteiger partial charge on any atom is 0.329 e. The summed E-state index contributed by atoms with van der Waals surface area (Å²) >= 11 is 0. The summed E-state index contributed by atoms with van der Waals surface area (Å²) in [7, 11) is 3.48. The van der Waals surface area contributed by atoms with Gasteiger partial charge in [-0.2, -0.15) is 4.98 Å². The van der Waals surface area contributed by atoms with Crippen LogP contribution in [-0.2, 0) is 0 Å². The Morgan fingerprint density at radius 2 is 2.17 bits per heavy atom. The van der Waals surface area contributed by atoms with Crippen LogP contribution in [0.4, 0.5) is 17.5 Å². The van der Waals surface area contributed by atoms with Crippen molar-refractivity contribution < 1.29 is 4.92 Å². The number of nitrogens with zero attached hydrogens (tertiary/aromatic N) is 4. The number of aromatic nitrogens is 2. The summed E-state index contributed by atoms with van der Waals surface area (Å²) in [6.07, 6.45) is 2.08. The van der Waals surface area contributed by atoms with E-state index >= 15 is 0 Å². The van der Waals surface area contributed by atoms with Crippen LogP contribution in [0.5, 0.6) is 0 Å². The number of hydrogen-bond acceptors (Lipinski definition) is 6. The van der Waals surface area contributed by atoms with E-state index in [1.165, 1.54) is 6.20 Å². The fourth-order valence-electron chi connectivity index (χ4n) is 1.39. The second kappa shape index (κ2) is 5.16. The van der Waals surface area contributed by atoms with Gasteiger partial charge >= 0.3 is 5.69 Å². The lowest BCUT2D eigenvalue weighted by molar-refractivity contribution is -0.384. The molecule has 0 aliphatic rings. The third kappa shape index (κ3) is 2.66. The molecule has 1 N–H and O–H groups in total. The van der Waals surface area contributed by atoms with Crippen LogP contribution in [0.25, 0.3) is 0 Å². The molecule has 1 aromatic heterocycles. The van der Waals surface area contributed by atoms with Crippen LogP contribution in [0.1, 0.15) is 27.2 Å². The van der Waals surface area contributed by atoms with E-state index in [-0.39, 0.29) is 11.2 Å². The quantitative estimate of drug-likeness (QED) is 0.638. The molecule has 0 radical (unpaired) electrons. The Hall–Kier alpha value is -1.92. The van der Waals surface area contributed by atoms with E-state index in [9.17, 15) is 10.1 Å². The second-order valence-corrected chi connectivity index (χ2v) is 4.63. The van der Waals surface area contributed by atoms with E-state index < -0.39 is 4.92 Å². The average molecular weight is 253 g/mol. The average Bonchev–Trinajstić information content (AvgIpc) is 2.36. The highest BCUT2D eigenvalue weighted by Gasteiger charge is 2.29. The highest BCUT2D eigenvalue weighted by molar-refractivity contribution is 5.59. The summed E-state index contributed by atoms with van der Waals surface area (Å²) in [6, 6.07) is 0. The van der Waals surface area contributed by atoms with Crippen LogP contribution in [0.3, 0.4) is 0 Å². The van der Waals surface area contributed by atoms with Crippen LogP contribution in [-0.4, -0.2) is 34.5 Å². The Bertz CT molecular complexity index is 447. The van der Waals surface area contributed by atoms with E-state index in [1.807, 2.05) is 25.7 Å². The molecule has 0 aliphatic heterocycles. The standard InChI is InChI=1S/C11H19N5O2/c1-6-11(2,3)15(5)9-8(16(17)18)7-13-10(12-4)14-9/h7H,6H2,1-5H3,(H,12,13,14). The molecular formula is C11H19N5O2. The van der Waals surface area contributed by atoms with Crippen molar-refractivity contribution in [3.8, 4) is 0 Å². The number of nitrogens with one attached hydrogen (secondary N) is 1. The Labute approximate surface area is 106 Å². The molecule has 100 valence electrons. The van der Waals surface area contributed by atoms with Crippen LogP contribution in [0.15, 0.2) is 6.20 Å². The molecule has 7 nitrogen and oxygen atoms in total. The van der Waals surface area contributed by atoms with Crippen molar-refractivity contribution >= 4 is 17.5 Å². The minimum Gasteiger partial charge on any atom is -0.357 e. The topological polar surface area (TPSA) is 84.2 Å². The Morgan fingerprint density at radius 1 is 1.56 bits per heavy atom. The normalized spacial score (nSPS) is 11.2. The second-order valence-electron chi connectivity index (χ2n) is 4.63. The van der Waals surface area contributed by atoms with E-state index in [4.69, 9.17) is 0 Å². The first-order chi connectivity index (χ1) is 8.33. The lowest BCUT2D eigenvalue weighted by atomic mass is 10.00. The molecule has 7 heteroatoms. The minimum atomic E-state index is -0.461. The summed E-state index contributed by atoms with van der Waals surface area (Å²) in [6.45, 7) is 6.05. The molecule has 0 saturated carbocycles. The lowest BCUT2D eigenvalue weighted by Crippen LogP contribution is -2.41. The van der Waals surface area contributed by atoms with Gasteiger partial charge in [0.25, 0.3) is 0 Å². The third-order valence-corrected chi connectivity index (χ3v) is 3.26. The molecule has 0 atom stereocenters. The molecule has 0 aromatic carbocycles. The molecule has 0 bridgehead atoms. The van der Waals surface area contributed by atoms with Gasteiger partial charge in [0, 0.05) is 19.6 Å². The summed E-state index contributed by atoms with van der Waals surface area (Å²) in [4.78, 5) is 20.4. The van der Waals surface area contributed by atoms with Crippen molar-refractivity contribution in [3.05, 3.63) is 16.3 Å². The monoisotopic (exact) mass is 253 g/mol. The lowest BCUT2D eigenvalue weighted by Gasteiger charge is -2.35. The zero-order valence-electron chi connectivity index (χ0n) is 11.4. The fourth-order valence-corrected chi connectivity index (χ4v) is 1.39. The molecule has 0 spiro atoms. The fraction of sp³-hybridized carbons (Fsp3) is 0.636. The molecule has 18 heavy (non-hydrogen) atoms. The van der Waals surface area contributed by atoms with Crippen molar-refractivity contribution in [1.29, 1.82) is 0 Å². The zero-order valence-corrected chi connectivity index (χ0v) is 11.4. The van der Waals surface area contributed by atoms with Crippen molar-refractivity contribution in [2.75, 3.05) is 24.3 Å². The highest BCUT2D eigenvalue weighted by atomic mass is 16.6. The van der Waals surface area contributed by atoms with Crippen LogP contribution in [0, 0.1) is 10.1 Å². The SMILES string of the molecule is CCC(C)(C)N(C)c1nc(NC)ncc1[N+](=O)[O-]. The van der Waals surface area contributed by atoms with E-state index in [2.05, 4.69) is 15.3 Å². The Morgan fingerprint density at radius 3 is 2.61 bits per heavy atom. The predicted molar refractivity (Wildman–Crippen MR) is 71.0 cm³/mol. The summed E-state index contributed by atoms with van der Waals surface area (Å²) in [5.41, 5.74) is -0.303. The van der Waals surface area contributed by atoms with E-state index in [0.29, 0.717) is 11.8 Å². The molecule has 1 aromatic rings. The number of rotatable bonds is 5. The van der Waals surface area contributed by atoms with E-state index in [1.54, 1.807) is 14.1 Å². The molecule has 0 amide bonds. The van der Waals surface area contributed by atoms with Crippen molar-refractivity contribution in [2.24, 2.45) is 0 Å². The predicted octanol–water partition coefficient (Wildman–Crippen LogP) is 2.05. The van der Waals surface area contributed by atoms with Crippen LogP contribution in [0.2, 0.25) is 0 Å². The van der Waals surface area contributed by atoms with Crippen LogP contribution >= 0.6 is 0 Å². The maximum absolute atomic E-state index is 11.0. The molecule has 0 saturated heterocycles. The first-order valence-corrected chi connectivity index (χ1v) is 5.76. The van der Waals surface area contributed by atoms with Crippen molar-refractivity contribution in [2.45, 2.75) is 32.7 Å². The maximum atomic E-state index is 11.0. The van der Waals surface area contributed by atoms with Gasteiger partial charge in [-0.1, -0.05) is 6.92 Å². The summed E-state index contributed by atoms with van der Waals surface area (Å²) in [5.74, 6) is 0.695. The van der Waals surface area contributed by atoms with Gasteiger partial charge in [-0.05, 0) is 20.3 Å². The first kappa shape index (κ1) is 14.1. The molecule has 0 fully saturated rings. The highest BCUT2D eigenvalue weighted by Crippen LogP contribution is 2.31. The van der Waals surface area contributed by atoms with Crippen LogP contribution < -0.4 is 10.2 Å². The van der Waals surface area contributed by atoms with Gasteiger partial charge in [0.15, 0.2) is 0 Å². The molecule has 1 rings (SSSR count). The van der Waals surface area contributed by atoms with Gasteiger partial charge in [0.1, 0.15) is 6.20 Å². The summed E-state index contributed by atoms with van der Waals surface area (Å²) < 4.78 is 0. The number of hydrogen-bond donors (Lipinski definition) is 1. The van der Waals surface area contributed by atoms with Gasteiger partial charge in [-0.15, -0.1) is 0 Å². The zero-order chi connectivity index (χ0) is 13.9. The van der Waals surface area contributed by atoms with Gasteiger partial charge in [0.05, 0.1) is 4.92 Å². The Balaban J connectivity index is 3.31. The minimum absolute atomic E-state index is 0.0852. The van der Waals surface area contributed by atoms with Gasteiger partial charge in [-0.3, -0.25) is 10.1 Å². The first-order valence-electron chi connectivity index (χ1n) is 5.76. The molecule has 0 aliphatic carbocycles.